The van der Waals surface area contributed by atoms with Crippen LogP contribution in [0.5, 0.6) is 17.5 Å². The van der Waals surface area contributed by atoms with E-state index in [0.29, 0.717) is 51.0 Å². The highest BCUT2D eigenvalue weighted by Gasteiger charge is 2.25. The van der Waals surface area contributed by atoms with Crippen molar-refractivity contribution in [2.24, 2.45) is 0 Å². The number of fused-ring (bicyclic) bond motifs is 2. The Kier molecular flexibility index (Phi) is 7.10. The molecule has 0 spiro atoms. The van der Waals surface area contributed by atoms with E-state index >= 15 is 0 Å². The highest BCUT2D eigenvalue weighted by Crippen LogP contribution is 2.33. The smallest absolute Gasteiger partial charge is 0.316 e. The largest absolute Gasteiger partial charge is 0.467 e. The molecule has 1 aliphatic rings. The maximum atomic E-state index is 13.8. The zero-order valence-corrected chi connectivity index (χ0v) is 23.9. The summed E-state index contributed by atoms with van der Waals surface area (Å²) < 4.78 is 13.3. The number of hydrogen-bond donors (Lipinski definition) is 2. The number of aromatic nitrogens is 4. The molecule has 1 amide bonds. The van der Waals surface area contributed by atoms with E-state index < -0.39 is 0 Å². The van der Waals surface area contributed by atoms with Crippen molar-refractivity contribution in [2.45, 2.75) is 32.9 Å². The Morgan fingerprint density at radius 1 is 1.10 bits per heavy atom. The van der Waals surface area contributed by atoms with Gasteiger partial charge in [0.05, 0.1) is 29.6 Å². The van der Waals surface area contributed by atoms with Gasteiger partial charge in [-0.2, -0.15) is 4.98 Å². The minimum Gasteiger partial charge on any atom is -0.467 e. The maximum Gasteiger partial charge on any atom is 0.316 e. The summed E-state index contributed by atoms with van der Waals surface area (Å²) in [6.45, 7) is 7.88. The Labute approximate surface area is 242 Å². The van der Waals surface area contributed by atoms with Crippen molar-refractivity contribution < 1.29 is 14.3 Å². The number of anilines is 2. The van der Waals surface area contributed by atoms with Gasteiger partial charge in [0.15, 0.2) is 11.4 Å². The predicted octanol–water partition coefficient (Wildman–Crippen LogP) is 5.48. The summed E-state index contributed by atoms with van der Waals surface area (Å²) in [5, 5.41) is 7.92. The van der Waals surface area contributed by atoms with Crippen molar-refractivity contribution in [3.8, 4) is 17.5 Å². The standard InChI is InChI=1S/C30H30ClN7O3/c1-17-13-37(14-18(2)33-17)25-9-8-23(27-24(25)12-32-30(36-27)40-4)29(39)35-21-11-26(28-34-19(3)15-38(28)16-21)41-22-7-5-6-20(31)10-22/h5-12,15-18,33H,13-14H2,1-4H3,(H,35,39). The summed E-state index contributed by atoms with van der Waals surface area (Å²) in [6, 6.07) is 13.5. The normalized spacial score (nSPS) is 17.1. The van der Waals surface area contributed by atoms with Crippen LogP contribution in [0, 0.1) is 6.92 Å². The molecular formula is C30H30ClN7O3. The van der Waals surface area contributed by atoms with Crippen molar-refractivity contribution in [1.29, 1.82) is 0 Å². The lowest BCUT2D eigenvalue weighted by Crippen LogP contribution is -2.54. The van der Waals surface area contributed by atoms with Crippen LogP contribution in [-0.4, -0.2) is 57.5 Å². The molecule has 5 aromatic rings. The Morgan fingerprint density at radius 2 is 1.90 bits per heavy atom. The van der Waals surface area contributed by atoms with Gasteiger partial charge in [-0.3, -0.25) is 4.79 Å². The molecule has 0 bridgehead atoms. The number of piperazine rings is 1. The molecule has 0 saturated carbocycles. The fourth-order valence-electron chi connectivity index (χ4n) is 5.36. The number of hydrogen-bond acceptors (Lipinski definition) is 8. The second-order valence-electron chi connectivity index (χ2n) is 10.3. The number of halogens is 1. The van der Waals surface area contributed by atoms with Gasteiger partial charge in [-0.25, -0.2) is 9.97 Å². The third-order valence-corrected chi connectivity index (χ3v) is 7.19. The third-order valence-electron chi connectivity index (χ3n) is 6.95. The molecule has 210 valence electrons. The van der Waals surface area contributed by atoms with Gasteiger partial charge < -0.3 is 29.4 Å². The maximum absolute atomic E-state index is 13.8. The number of aryl methyl sites for hydroxylation is 1. The van der Waals surface area contributed by atoms with Crippen LogP contribution >= 0.6 is 11.6 Å². The van der Waals surface area contributed by atoms with Crippen LogP contribution in [0.3, 0.4) is 0 Å². The number of amides is 1. The van der Waals surface area contributed by atoms with Crippen LogP contribution in [0.2, 0.25) is 5.02 Å². The second-order valence-corrected chi connectivity index (χ2v) is 10.8. The van der Waals surface area contributed by atoms with E-state index in [2.05, 4.69) is 44.3 Å². The molecule has 2 atom stereocenters. The summed E-state index contributed by atoms with van der Waals surface area (Å²) in [4.78, 5) is 29.6. The van der Waals surface area contributed by atoms with Gasteiger partial charge in [-0.1, -0.05) is 17.7 Å². The number of methoxy groups -OCH3 is 1. The summed E-state index contributed by atoms with van der Waals surface area (Å²) >= 11 is 6.16. The van der Waals surface area contributed by atoms with Crippen LogP contribution in [0.15, 0.2) is 61.1 Å². The highest BCUT2D eigenvalue weighted by molar-refractivity contribution is 6.30. The van der Waals surface area contributed by atoms with E-state index in [4.69, 9.17) is 21.1 Å². The first-order valence-corrected chi connectivity index (χ1v) is 13.7. The Balaban J connectivity index is 1.37. The lowest BCUT2D eigenvalue weighted by molar-refractivity contribution is 0.102. The molecule has 3 aromatic heterocycles. The van der Waals surface area contributed by atoms with Gasteiger partial charge in [0.25, 0.3) is 5.91 Å². The number of pyridine rings is 1. The average molecular weight is 572 g/mol. The number of carbonyl (C=O) groups is 1. The van der Waals surface area contributed by atoms with E-state index in [1.165, 1.54) is 7.11 Å². The number of rotatable bonds is 6. The van der Waals surface area contributed by atoms with E-state index in [9.17, 15) is 4.79 Å². The summed E-state index contributed by atoms with van der Waals surface area (Å²) in [7, 11) is 1.51. The van der Waals surface area contributed by atoms with Crippen LogP contribution in [-0.2, 0) is 0 Å². The Bertz CT molecular complexity index is 1760. The van der Waals surface area contributed by atoms with Crippen molar-refractivity contribution in [2.75, 3.05) is 30.4 Å². The Hall–Kier alpha value is -4.41. The topological polar surface area (TPSA) is 106 Å². The van der Waals surface area contributed by atoms with Crippen LogP contribution in [0.1, 0.15) is 29.9 Å². The van der Waals surface area contributed by atoms with Gasteiger partial charge in [0.2, 0.25) is 0 Å². The van der Waals surface area contributed by atoms with Gasteiger partial charge >= 0.3 is 6.01 Å². The lowest BCUT2D eigenvalue weighted by Gasteiger charge is -2.38. The fraction of sp³-hybridized carbons (Fsp3) is 0.267. The molecule has 2 unspecified atom stereocenters. The molecule has 2 N–H and O–H groups in total. The minimum absolute atomic E-state index is 0.193. The van der Waals surface area contributed by atoms with Crippen molar-refractivity contribution in [3.63, 3.8) is 0 Å². The van der Waals surface area contributed by atoms with E-state index in [-0.39, 0.29) is 11.9 Å². The number of imidazole rings is 1. The van der Waals surface area contributed by atoms with Crippen molar-refractivity contribution >= 4 is 45.4 Å². The van der Waals surface area contributed by atoms with E-state index in [0.717, 1.165) is 29.9 Å². The third kappa shape index (κ3) is 5.48. The monoisotopic (exact) mass is 571 g/mol. The molecule has 4 heterocycles. The first-order valence-electron chi connectivity index (χ1n) is 13.4. The van der Waals surface area contributed by atoms with Gasteiger partial charge in [-0.15, -0.1) is 0 Å². The van der Waals surface area contributed by atoms with Gasteiger partial charge in [0.1, 0.15) is 5.75 Å². The first-order chi connectivity index (χ1) is 19.8. The zero-order valence-electron chi connectivity index (χ0n) is 23.2. The molecule has 0 radical (unpaired) electrons. The number of carbonyl (C=O) groups excluding carboxylic acids is 1. The van der Waals surface area contributed by atoms with E-state index in [1.54, 1.807) is 36.7 Å². The fourth-order valence-corrected chi connectivity index (χ4v) is 5.54. The number of nitrogens with one attached hydrogen (secondary N) is 2. The Morgan fingerprint density at radius 3 is 2.66 bits per heavy atom. The first kappa shape index (κ1) is 26.8. The summed E-state index contributed by atoms with van der Waals surface area (Å²) in [6.07, 6.45) is 5.39. The zero-order chi connectivity index (χ0) is 28.7. The molecule has 1 saturated heterocycles. The molecule has 1 fully saturated rings. The van der Waals surface area contributed by atoms with E-state index in [1.807, 2.05) is 35.7 Å². The second kappa shape index (κ2) is 10.9. The minimum atomic E-state index is -0.325. The molecule has 0 aliphatic carbocycles. The highest BCUT2D eigenvalue weighted by atomic mass is 35.5. The summed E-state index contributed by atoms with van der Waals surface area (Å²) in [5.74, 6) is 0.712. The van der Waals surface area contributed by atoms with Crippen LogP contribution < -0.4 is 25.0 Å². The van der Waals surface area contributed by atoms with Gasteiger partial charge in [-0.05, 0) is 51.1 Å². The molecule has 41 heavy (non-hydrogen) atoms. The van der Waals surface area contributed by atoms with Gasteiger partial charge in [0, 0.05) is 65.9 Å². The molecule has 1 aliphatic heterocycles. The molecule has 10 nitrogen and oxygen atoms in total. The molecular weight excluding hydrogens is 542 g/mol. The molecule has 2 aromatic carbocycles. The molecule has 6 rings (SSSR count). The van der Waals surface area contributed by atoms with Crippen molar-refractivity contribution in [1.82, 2.24) is 24.7 Å². The average Bonchev–Trinajstić information content (AvgIpc) is 3.32. The summed E-state index contributed by atoms with van der Waals surface area (Å²) in [5.41, 5.74) is 3.85. The lowest BCUT2D eigenvalue weighted by atomic mass is 10.0. The quantitative estimate of drug-likeness (QED) is 0.276. The number of ether oxygens (including phenoxy) is 2. The predicted molar refractivity (Wildman–Crippen MR) is 160 cm³/mol. The van der Waals surface area contributed by atoms with Crippen molar-refractivity contribution in [3.05, 3.63) is 77.3 Å². The van der Waals surface area contributed by atoms with Crippen LogP contribution in [0.25, 0.3) is 16.6 Å². The van der Waals surface area contributed by atoms with Crippen LogP contribution in [0.4, 0.5) is 11.4 Å². The SMILES string of the molecule is COc1ncc2c(N3CC(C)NC(C)C3)ccc(C(=O)Nc3cc(Oc4cccc(Cl)c4)c4nc(C)cn4c3)c2n1. The molecule has 11 heteroatoms. The number of nitrogens with zero attached hydrogens (tertiary/aromatic N) is 5. The number of benzene rings is 2.